The lowest BCUT2D eigenvalue weighted by Gasteiger charge is -2.22. The van der Waals surface area contributed by atoms with Crippen molar-refractivity contribution in [2.45, 2.75) is 36.9 Å². The SMILES string of the molecule is CCN1C(=O)C(CCNc2cccc(NC(=O)CN(C)Cc3ccccc3)c2)SC1CC(C#N)C(=O)O. The fraction of sp³-hybridized carbons (Fsp3) is 0.407. The van der Waals surface area contributed by atoms with Gasteiger partial charge in [-0.05, 0) is 44.2 Å². The smallest absolute Gasteiger partial charge is 0.321 e. The molecule has 3 atom stereocenters. The predicted octanol–water partition coefficient (Wildman–Crippen LogP) is 3.46. The van der Waals surface area contributed by atoms with Gasteiger partial charge in [0.2, 0.25) is 11.8 Å². The molecule has 0 radical (unpaired) electrons. The van der Waals surface area contributed by atoms with Crippen molar-refractivity contribution in [3.8, 4) is 6.07 Å². The Kier molecular flexibility index (Phi) is 10.4. The second kappa shape index (κ2) is 13.7. The first kappa shape index (κ1) is 28.0. The molecule has 37 heavy (non-hydrogen) atoms. The van der Waals surface area contributed by atoms with Gasteiger partial charge in [-0.25, -0.2) is 0 Å². The van der Waals surface area contributed by atoms with E-state index < -0.39 is 11.9 Å². The summed E-state index contributed by atoms with van der Waals surface area (Å²) in [6.07, 6.45) is 0.671. The van der Waals surface area contributed by atoms with Gasteiger partial charge in [-0.3, -0.25) is 19.3 Å². The first-order valence-corrected chi connectivity index (χ1v) is 13.2. The molecule has 9 nitrogen and oxygen atoms in total. The number of carbonyl (C=O) groups excluding carboxylic acids is 2. The molecule has 3 N–H and O–H groups in total. The molecular formula is C27H33N5O4S. The maximum absolute atomic E-state index is 12.8. The summed E-state index contributed by atoms with van der Waals surface area (Å²) in [4.78, 5) is 40.2. The Hall–Kier alpha value is -3.55. The van der Waals surface area contributed by atoms with Crippen molar-refractivity contribution in [3.05, 3.63) is 60.2 Å². The average molecular weight is 524 g/mol. The summed E-state index contributed by atoms with van der Waals surface area (Å²) in [5.41, 5.74) is 2.65. The van der Waals surface area contributed by atoms with Crippen molar-refractivity contribution < 1.29 is 19.5 Å². The number of anilines is 2. The van der Waals surface area contributed by atoms with E-state index in [9.17, 15) is 19.5 Å². The third-order valence-corrected chi connectivity index (χ3v) is 7.58. The van der Waals surface area contributed by atoms with Crippen molar-refractivity contribution in [3.63, 3.8) is 0 Å². The fourth-order valence-corrected chi connectivity index (χ4v) is 5.83. The normalized spacial score (nSPS) is 17.9. The van der Waals surface area contributed by atoms with E-state index >= 15 is 0 Å². The van der Waals surface area contributed by atoms with Gasteiger partial charge >= 0.3 is 5.97 Å². The second-order valence-corrected chi connectivity index (χ2v) is 10.3. The fourth-order valence-electron chi connectivity index (χ4n) is 4.24. The zero-order valence-corrected chi connectivity index (χ0v) is 21.9. The number of thioether (sulfide) groups is 1. The number of aliphatic carboxylic acids is 1. The van der Waals surface area contributed by atoms with E-state index in [1.807, 2.05) is 79.5 Å². The van der Waals surface area contributed by atoms with Gasteiger partial charge in [0.15, 0.2) is 0 Å². The molecule has 2 aromatic rings. The van der Waals surface area contributed by atoms with E-state index in [0.29, 0.717) is 31.7 Å². The number of carboxylic acids is 1. The van der Waals surface area contributed by atoms with Gasteiger partial charge in [0.1, 0.15) is 5.92 Å². The molecule has 10 heteroatoms. The quantitative estimate of drug-likeness (QED) is 0.364. The van der Waals surface area contributed by atoms with Crippen molar-refractivity contribution in [2.24, 2.45) is 5.92 Å². The van der Waals surface area contributed by atoms with Crippen molar-refractivity contribution in [1.29, 1.82) is 5.26 Å². The zero-order valence-electron chi connectivity index (χ0n) is 21.1. The van der Waals surface area contributed by atoms with E-state index in [-0.39, 0.29) is 35.4 Å². The number of amides is 2. The van der Waals surface area contributed by atoms with Crippen LogP contribution >= 0.6 is 11.8 Å². The maximum atomic E-state index is 12.8. The van der Waals surface area contributed by atoms with E-state index in [2.05, 4.69) is 10.6 Å². The number of hydrogen-bond donors (Lipinski definition) is 3. The molecule has 1 aliphatic rings. The monoisotopic (exact) mass is 523 g/mol. The lowest BCUT2D eigenvalue weighted by molar-refractivity contribution is -0.141. The molecule has 1 aliphatic heterocycles. The minimum atomic E-state index is -1.16. The van der Waals surface area contributed by atoms with Crippen LogP contribution in [0, 0.1) is 17.2 Å². The van der Waals surface area contributed by atoms with Gasteiger partial charge in [-0.1, -0.05) is 36.4 Å². The Labute approximate surface area is 221 Å². The summed E-state index contributed by atoms with van der Waals surface area (Å²) in [6, 6.07) is 19.2. The summed E-state index contributed by atoms with van der Waals surface area (Å²) >= 11 is 1.43. The highest BCUT2D eigenvalue weighted by molar-refractivity contribution is 8.01. The molecule has 0 aromatic heterocycles. The highest BCUT2D eigenvalue weighted by Crippen LogP contribution is 2.36. The molecule has 0 saturated carbocycles. The Morgan fingerprint density at radius 1 is 1.19 bits per heavy atom. The average Bonchev–Trinajstić information content (AvgIpc) is 3.16. The highest BCUT2D eigenvalue weighted by atomic mass is 32.2. The number of nitriles is 1. The van der Waals surface area contributed by atoms with Crippen LogP contribution in [0.3, 0.4) is 0 Å². The van der Waals surface area contributed by atoms with E-state index in [1.54, 1.807) is 4.90 Å². The Morgan fingerprint density at radius 2 is 1.92 bits per heavy atom. The molecule has 0 spiro atoms. The molecule has 0 bridgehead atoms. The molecule has 3 unspecified atom stereocenters. The molecule has 2 amide bonds. The molecule has 2 aromatic carbocycles. The molecule has 1 fully saturated rings. The van der Waals surface area contributed by atoms with Gasteiger partial charge in [0.05, 0.1) is 23.2 Å². The summed E-state index contributed by atoms with van der Waals surface area (Å²) in [5, 5.41) is 23.9. The first-order chi connectivity index (χ1) is 17.8. The first-order valence-electron chi connectivity index (χ1n) is 12.2. The highest BCUT2D eigenvalue weighted by Gasteiger charge is 2.40. The van der Waals surface area contributed by atoms with E-state index in [0.717, 1.165) is 11.3 Å². The van der Waals surface area contributed by atoms with Crippen LogP contribution in [0.25, 0.3) is 0 Å². The Bertz CT molecular complexity index is 1120. The topological polar surface area (TPSA) is 126 Å². The van der Waals surface area contributed by atoms with E-state index in [1.165, 1.54) is 11.8 Å². The van der Waals surface area contributed by atoms with E-state index in [4.69, 9.17) is 5.26 Å². The van der Waals surface area contributed by atoms with Crippen LogP contribution in [-0.4, -0.2) is 70.0 Å². The van der Waals surface area contributed by atoms with Crippen LogP contribution in [0.15, 0.2) is 54.6 Å². The third kappa shape index (κ3) is 8.23. The second-order valence-electron chi connectivity index (χ2n) is 8.96. The Morgan fingerprint density at radius 3 is 2.59 bits per heavy atom. The number of carboxylic acid groups (broad SMARTS) is 1. The minimum Gasteiger partial charge on any atom is -0.480 e. The van der Waals surface area contributed by atoms with Gasteiger partial charge < -0.3 is 20.6 Å². The number of hydrogen-bond acceptors (Lipinski definition) is 7. The van der Waals surface area contributed by atoms with Crippen LogP contribution in [0.2, 0.25) is 0 Å². The Balaban J connectivity index is 1.47. The van der Waals surface area contributed by atoms with Gasteiger partial charge in [0, 0.05) is 37.4 Å². The number of nitrogens with one attached hydrogen (secondary N) is 2. The number of nitrogens with zero attached hydrogens (tertiary/aromatic N) is 3. The zero-order chi connectivity index (χ0) is 26.8. The number of likely N-dealkylation sites (N-methyl/N-ethyl adjacent to an activating group) is 1. The van der Waals surface area contributed by atoms with Crippen LogP contribution in [-0.2, 0) is 20.9 Å². The van der Waals surface area contributed by atoms with Gasteiger partial charge in [-0.15, -0.1) is 11.8 Å². The summed E-state index contributed by atoms with van der Waals surface area (Å²) in [6.45, 7) is 3.80. The number of carbonyl (C=O) groups is 3. The van der Waals surface area contributed by atoms with Gasteiger partial charge in [-0.2, -0.15) is 5.26 Å². The third-order valence-electron chi connectivity index (χ3n) is 6.05. The van der Waals surface area contributed by atoms with Crippen LogP contribution < -0.4 is 10.6 Å². The van der Waals surface area contributed by atoms with Gasteiger partial charge in [0.25, 0.3) is 0 Å². The largest absolute Gasteiger partial charge is 0.480 e. The lowest BCUT2D eigenvalue weighted by Crippen LogP contribution is -2.36. The minimum absolute atomic E-state index is 0.0259. The number of rotatable bonds is 13. The molecule has 3 rings (SSSR count). The van der Waals surface area contributed by atoms with Crippen molar-refractivity contribution >= 4 is 40.9 Å². The molecule has 196 valence electrons. The maximum Gasteiger partial charge on any atom is 0.321 e. The summed E-state index contributed by atoms with van der Waals surface area (Å²) in [5.74, 6) is -2.42. The van der Waals surface area contributed by atoms with Crippen molar-refractivity contribution in [1.82, 2.24) is 9.80 Å². The van der Waals surface area contributed by atoms with Crippen LogP contribution in [0.1, 0.15) is 25.3 Å². The molecule has 1 heterocycles. The predicted molar refractivity (Wildman–Crippen MR) is 145 cm³/mol. The summed E-state index contributed by atoms with van der Waals surface area (Å²) < 4.78 is 0. The van der Waals surface area contributed by atoms with Crippen LogP contribution in [0.5, 0.6) is 0 Å². The standard InChI is InChI=1S/C27H33N5O4S/c1-3-32-25(14-20(16-28)27(35)36)37-23(26(32)34)12-13-29-21-10-7-11-22(15-21)30-24(33)18-31(2)17-19-8-5-4-6-9-19/h4-11,15,20,23,25,29H,3,12-14,17-18H2,1-2H3,(H,30,33)(H,35,36). The molecular weight excluding hydrogens is 490 g/mol. The lowest BCUT2D eigenvalue weighted by atomic mass is 10.1. The number of benzene rings is 2. The van der Waals surface area contributed by atoms with Crippen molar-refractivity contribution in [2.75, 3.05) is 37.3 Å². The molecule has 0 aliphatic carbocycles. The molecule has 1 saturated heterocycles. The van der Waals surface area contributed by atoms with Crippen LogP contribution in [0.4, 0.5) is 11.4 Å². The summed E-state index contributed by atoms with van der Waals surface area (Å²) in [7, 11) is 1.90.